The largest absolute Gasteiger partial charge is 0.341 e. The Morgan fingerprint density at radius 1 is 1.14 bits per heavy atom. The third-order valence-corrected chi connectivity index (χ3v) is 5.99. The molecule has 0 unspecified atom stereocenters. The van der Waals surface area contributed by atoms with Gasteiger partial charge in [-0.25, -0.2) is 9.97 Å². The van der Waals surface area contributed by atoms with Gasteiger partial charge in [0.2, 0.25) is 5.95 Å². The molecule has 1 aromatic heterocycles. The van der Waals surface area contributed by atoms with Gasteiger partial charge in [0.1, 0.15) is 0 Å². The number of carbonyl (C=O) groups is 1. The summed E-state index contributed by atoms with van der Waals surface area (Å²) >= 11 is 1.99. The fraction of sp³-hybridized carbons (Fsp3) is 0.688. The average molecular weight is 318 g/mol. The topological polar surface area (TPSA) is 49.3 Å². The molecule has 5 nitrogen and oxygen atoms in total. The van der Waals surface area contributed by atoms with Crippen molar-refractivity contribution in [2.75, 3.05) is 29.5 Å². The van der Waals surface area contributed by atoms with E-state index in [0.29, 0.717) is 12.6 Å². The Hall–Kier alpha value is -1.30. The van der Waals surface area contributed by atoms with E-state index in [1.807, 2.05) is 16.7 Å². The summed E-state index contributed by atoms with van der Waals surface area (Å²) in [6.45, 7) is 2.75. The number of hydrogen-bond donors (Lipinski definition) is 0. The van der Waals surface area contributed by atoms with Crippen LogP contribution >= 0.6 is 11.8 Å². The molecule has 0 radical (unpaired) electrons. The minimum absolute atomic E-state index is 0.136. The van der Waals surface area contributed by atoms with Crippen LogP contribution in [-0.2, 0) is 6.54 Å². The molecule has 6 heteroatoms. The Morgan fingerprint density at radius 3 is 2.68 bits per heavy atom. The first-order valence-electron chi connectivity index (χ1n) is 8.32. The highest BCUT2D eigenvalue weighted by molar-refractivity contribution is 7.99. The van der Waals surface area contributed by atoms with Gasteiger partial charge >= 0.3 is 0 Å². The summed E-state index contributed by atoms with van der Waals surface area (Å²) in [4.78, 5) is 26.1. The molecule has 1 aromatic rings. The fourth-order valence-electron chi connectivity index (χ4n) is 3.63. The number of carbonyl (C=O) groups excluding carboxylic acids is 1. The summed E-state index contributed by atoms with van der Waals surface area (Å²) < 4.78 is 0. The van der Waals surface area contributed by atoms with Gasteiger partial charge in [0.05, 0.1) is 17.8 Å². The van der Waals surface area contributed by atoms with E-state index in [9.17, 15) is 4.79 Å². The molecular weight excluding hydrogens is 296 g/mol. The van der Waals surface area contributed by atoms with Crippen molar-refractivity contribution in [1.29, 1.82) is 0 Å². The first kappa shape index (κ1) is 14.3. The maximum atomic E-state index is 12.6. The van der Waals surface area contributed by atoms with Crippen LogP contribution in [0.2, 0.25) is 0 Å². The summed E-state index contributed by atoms with van der Waals surface area (Å²) in [6, 6.07) is 0.390. The van der Waals surface area contributed by atoms with Crippen molar-refractivity contribution in [2.45, 2.75) is 44.7 Å². The molecule has 0 atom stereocenters. The molecule has 0 N–H and O–H groups in total. The van der Waals surface area contributed by atoms with Crippen molar-refractivity contribution < 1.29 is 4.79 Å². The van der Waals surface area contributed by atoms with Crippen LogP contribution in [0, 0.1) is 0 Å². The molecule has 4 heterocycles. The number of fused-ring (bicyclic) bond motifs is 1. The standard InChI is InChI=1S/C16H22N4OS/c21-15-13-10-17-16(19-6-2-1-3-7-19)18-14(13)11-20(15)12-4-8-22-9-5-12/h10,12H,1-9,11H2. The fourth-order valence-corrected chi connectivity index (χ4v) is 4.71. The lowest BCUT2D eigenvalue weighted by molar-refractivity contribution is 0.0692. The molecule has 0 aliphatic carbocycles. The van der Waals surface area contributed by atoms with Crippen LogP contribution in [-0.4, -0.2) is 51.4 Å². The Kier molecular flexibility index (Phi) is 3.94. The van der Waals surface area contributed by atoms with Gasteiger partial charge in [-0.15, -0.1) is 0 Å². The molecule has 2 saturated heterocycles. The van der Waals surface area contributed by atoms with E-state index in [-0.39, 0.29) is 5.91 Å². The van der Waals surface area contributed by atoms with E-state index in [0.717, 1.165) is 54.6 Å². The lowest BCUT2D eigenvalue weighted by Gasteiger charge is -2.30. The van der Waals surface area contributed by atoms with Crippen molar-refractivity contribution in [3.8, 4) is 0 Å². The minimum Gasteiger partial charge on any atom is -0.341 e. The molecule has 3 aliphatic heterocycles. The number of nitrogens with zero attached hydrogens (tertiary/aromatic N) is 4. The lowest BCUT2D eigenvalue weighted by atomic mass is 10.1. The molecule has 22 heavy (non-hydrogen) atoms. The predicted molar refractivity (Wildman–Crippen MR) is 88.3 cm³/mol. The maximum Gasteiger partial charge on any atom is 0.257 e. The molecule has 0 bridgehead atoms. The molecule has 0 saturated carbocycles. The van der Waals surface area contributed by atoms with Crippen LogP contribution in [0.5, 0.6) is 0 Å². The second-order valence-corrected chi connectivity index (χ2v) is 7.58. The van der Waals surface area contributed by atoms with E-state index in [2.05, 4.69) is 9.88 Å². The van der Waals surface area contributed by atoms with Crippen molar-refractivity contribution in [3.63, 3.8) is 0 Å². The van der Waals surface area contributed by atoms with Gasteiger partial charge in [-0.05, 0) is 43.6 Å². The van der Waals surface area contributed by atoms with E-state index in [1.54, 1.807) is 6.20 Å². The number of aromatic nitrogens is 2. The zero-order chi connectivity index (χ0) is 14.9. The zero-order valence-electron chi connectivity index (χ0n) is 12.8. The first-order chi connectivity index (χ1) is 10.8. The predicted octanol–water partition coefficient (Wildman–Crippen LogP) is 2.32. The number of thioether (sulfide) groups is 1. The normalized spacial score (nSPS) is 23.0. The van der Waals surface area contributed by atoms with Crippen LogP contribution < -0.4 is 4.90 Å². The molecule has 118 valence electrons. The SMILES string of the molecule is O=C1c2cnc(N3CCCCC3)nc2CN1C1CCSCC1. The molecule has 3 aliphatic rings. The van der Waals surface area contributed by atoms with E-state index >= 15 is 0 Å². The zero-order valence-corrected chi connectivity index (χ0v) is 13.6. The van der Waals surface area contributed by atoms with Gasteiger partial charge < -0.3 is 9.80 Å². The summed E-state index contributed by atoms with van der Waals surface area (Å²) in [7, 11) is 0. The van der Waals surface area contributed by atoms with Crippen molar-refractivity contribution in [2.24, 2.45) is 0 Å². The average Bonchev–Trinajstić information content (AvgIpc) is 2.93. The van der Waals surface area contributed by atoms with Crippen molar-refractivity contribution in [1.82, 2.24) is 14.9 Å². The van der Waals surface area contributed by atoms with Crippen LogP contribution in [0.25, 0.3) is 0 Å². The van der Waals surface area contributed by atoms with E-state index in [4.69, 9.17) is 4.98 Å². The monoisotopic (exact) mass is 318 g/mol. The molecule has 1 amide bonds. The maximum absolute atomic E-state index is 12.6. The molecule has 4 rings (SSSR count). The van der Waals surface area contributed by atoms with Crippen molar-refractivity contribution >= 4 is 23.6 Å². The van der Waals surface area contributed by atoms with Gasteiger partial charge in [-0.3, -0.25) is 4.79 Å². The Labute approximate surface area is 135 Å². The summed E-state index contributed by atoms with van der Waals surface area (Å²) in [5.41, 5.74) is 1.65. The van der Waals surface area contributed by atoms with E-state index < -0.39 is 0 Å². The smallest absolute Gasteiger partial charge is 0.257 e. The number of hydrogen-bond acceptors (Lipinski definition) is 5. The minimum atomic E-state index is 0.136. The third kappa shape index (κ3) is 2.57. The summed E-state index contributed by atoms with van der Waals surface area (Å²) in [5, 5.41) is 0. The Morgan fingerprint density at radius 2 is 1.91 bits per heavy atom. The Bertz CT molecular complexity index is 567. The van der Waals surface area contributed by atoms with Gasteiger partial charge in [0.15, 0.2) is 0 Å². The van der Waals surface area contributed by atoms with Gasteiger partial charge in [0, 0.05) is 25.3 Å². The van der Waals surface area contributed by atoms with Crippen LogP contribution in [0.1, 0.15) is 48.2 Å². The highest BCUT2D eigenvalue weighted by atomic mass is 32.2. The molecule has 2 fully saturated rings. The molecule has 0 spiro atoms. The summed E-state index contributed by atoms with van der Waals surface area (Å²) in [6.07, 6.45) is 7.70. The molecular formula is C16H22N4OS. The van der Waals surface area contributed by atoms with Crippen LogP contribution in [0.15, 0.2) is 6.20 Å². The molecule has 0 aromatic carbocycles. The second kappa shape index (κ2) is 6.07. The van der Waals surface area contributed by atoms with E-state index in [1.165, 1.54) is 19.3 Å². The van der Waals surface area contributed by atoms with Crippen LogP contribution in [0.3, 0.4) is 0 Å². The highest BCUT2D eigenvalue weighted by Crippen LogP contribution is 2.30. The Balaban J connectivity index is 1.54. The third-order valence-electron chi connectivity index (χ3n) is 4.94. The lowest BCUT2D eigenvalue weighted by Crippen LogP contribution is -2.38. The van der Waals surface area contributed by atoms with Gasteiger partial charge in [-0.1, -0.05) is 0 Å². The van der Waals surface area contributed by atoms with Crippen LogP contribution in [0.4, 0.5) is 5.95 Å². The summed E-state index contributed by atoms with van der Waals surface area (Å²) in [5.74, 6) is 3.27. The number of amides is 1. The second-order valence-electron chi connectivity index (χ2n) is 6.35. The van der Waals surface area contributed by atoms with Gasteiger partial charge in [-0.2, -0.15) is 11.8 Å². The number of piperidine rings is 1. The quantitative estimate of drug-likeness (QED) is 0.837. The highest BCUT2D eigenvalue weighted by Gasteiger charge is 2.35. The first-order valence-corrected chi connectivity index (χ1v) is 9.48. The number of rotatable bonds is 2. The number of anilines is 1. The van der Waals surface area contributed by atoms with Crippen molar-refractivity contribution in [3.05, 3.63) is 17.5 Å². The van der Waals surface area contributed by atoms with Gasteiger partial charge in [0.25, 0.3) is 5.91 Å².